The zero-order chi connectivity index (χ0) is 22.5. The highest BCUT2D eigenvalue weighted by Gasteiger charge is 2.21. The fourth-order valence-electron chi connectivity index (χ4n) is 3.76. The minimum Gasteiger partial charge on any atom is -0.354 e. The Morgan fingerprint density at radius 2 is 1.88 bits per heavy atom. The monoisotopic (exact) mass is 430 g/mol. The Morgan fingerprint density at radius 3 is 2.56 bits per heavy atom. The number of carbonyl (C=O) groups excluding carboxylic acids is 1. The van der Waals surface area contributed by atoms with Gasteiger partial charge in [0.15, 0.2) is 0 Å². The Kier molecular flexibility index (Phi) is 6.24. The molecule has 9 nitrogen and oxygen atoms in total. The number of nitriles is 1. The third-order valence-electron chi connectivity index (χ3n) is 5.51. The summed E-state index contributed by atoms with van der Waals surface area (Å²) in [6, 6.07) is 17.9. The standard InChI is InChI=1S/C23H22N6O3/c24-14-18-12-22(26-21-7-6-19(29(31)32)13-20(18)21)28-10-8-27(9-11-28)16-23(30)25-15-17-4-2-1-3-5-17/h1-7,12-13H,8-11,15-16H2,(H,25,30). The first-order valence-corrected chi connectivity index (χ1v) is 10.3. The van der Waals surface area contributed by atoms with Crippen LogP contribution < -0.4 is 10.2 Å². The fraction of sp³-hybridized carbons (Fsp3) is 0.261. The van der Waals surface area contributed by atoms with Crippen molar-refractivity contribution in [3.05, 3.63) is 75.8 Å². The molecule has 1 aliphatic rings. The number of piperazine rings is 1. The molecule has 1 N–H and O–H groups in total. The van der Waals surface area contributed by atoms with Crippen LogP contribution in [0.25, 0.3) is 10.9 Å². The van der Waals surface area contributed by atoms with Gasteiger partial charge in [0, 0.05) is 50.2 Å². The normalized spacial score (nSPS) is 14.2. The molecule has 2 heterocycles. The first kappa shape index (κ1) is 21.2. The Labute approximate surface area is 185 Å². The van der Waals surface area contributed by atoms with E-state index in [-0.39, 0.29) is 11.6 Å². The summed E-state index contributed by atoms with van der Waals surface area (Å²) in [5.74, 6) is 0.649. The zero-order valence-corrected chi connectivity index (χ0v) is 17.4. The summed E-state index contributed by atoms with van der Waals surface area (Å²) in [5, 5.41) is 24.0. The molecule has 1 fully saturated rings. The molecule has 1 aromatic heterocycles. The number of nitro groups is 1. The van der Waals surface area contributed by atoms with Gasteiger partial charge in [-0.15, -0.1) is 0 Å². The minimum absolute atomic E-state index is 0.0144. The van der Waals surface area contributed by atoms with Crippen molar-refractivity contribution in [3.8, 4) is 6.07 Å². The number of benzene rings is 2. The lowest BCUT2D eigenvalue weighted by atomic mass is 10.1. The smallest absolute Gasteiger partial charge is 0.270 e. The van der Waals surface area contributed by atoms with E-state index in [9.17, 15) is 20.2 Å². The number of non-ortho nitro benzene ring substituents is 1. The maximum Gasteiger partial charge on any atom is 0.270 e. The van der Waals surface area contributed by atoms with Gasteiger partial charge in [-0.25, -0.2) is 4.98 Å². The number of amides is 1. The van der Waals surface area contributed by atoms with Crippen LogP contribution in [-0.2, 0) is 11.3 Å². The summed E-state index contributed by atoms with van der Waals surface area (Å²) >= 11 is 0. The highest BCUT2D eigenvalue weighted by Crippen LogP contribution is 2.26. The molecule has 0 bridgehead atoms. The summed E-state index contributed by atoms with van der Waals surface area (Å²) in [6.07, 6.45) is 0. The molecule has 0 spiro atoms. The van der Waals surface area contributed by atoms with Crippen molar-refractivity contribution in [2.24, 2.45) is 0 Å². The first-order chi connectivity index (χ1) is 15.5. The predicted molar refractivity (Wildman–Crippen MR) is 120 cm³/mol. The van der Waals surface area contributed by atoms with Crippen LogP contribution in [0.1, 0.15) is 11.1 Å². The van der Waals surface area contributed by atoms with Crippen LogP contribution >= 0.6 is 0 Å². The molecule has 162 valence electrons. The Balaban J connectivity index is 1.37. The Bertz CT molecular complexity index is 1180. The van der Waals surface area contributed by atoms with E-state index < -0.39 is 4.92 Å². The van der Waals surface area contributed by atoms with Gasteiger partial charge in [-0.2, -0.15) is 5.26 Å². The van der Waals surface area contributed by atoms with E-state index in [1.807, 2.05) is 30.3 Å². The second-order valence-electron chi connectivity index (χ2n) is 7.62. The zero-order valence-electron chi connectivity index (χ0n) is 17.4. The molecule has 0 aliphatic carbocycles. The number of rotatable bonds is 6. The van der Waals surface area contributed by atoms with E-state index in [2.05, 4.69) is 26.2 Å². The van der Waals surface area contributed by atoms with Gasteiger partial charge in [-0.05, 0) is 17.7 Å². The van der Waals surface area contributed by atoms with E-state index in [0.717, 1.165) is 5.56 Å². The van der Waals surface area contributed by atoms with Gasteiger partial charge in [-0.1, -0.05) is 30.3 Å². The van der Waals surface area contributed by atoms with E-state index >= 15 is 0 Å². The number of carbonyl (C=O) groups is 1. The molecule has 1 amide bonds. The molecule has 0 unspecified atom stereocenters. The van der Waals surface area contributed by atoms with Crippen molar-refractivity contribution in [1.82, 2.24) is 15.2 Å². The van der Waals surface area contributed by atoms with Crippen LogP contribution in [-0.4, -0.2) is 53.4 Å². The van der Waals surface area contributed by atoms with Gasteiger partial charge in [0.2, 0.25) is 5.91 Å². The second-order valence-corrected chi connectivity index (χ2v) is 7.62. The highest BCUT2D eigenvalue weighted by atomic mass is 16.6. The summed E-state index contributed by atoms with van der Waals surface area (Å²) in [4.78, 5) is 31.6. The van der Waals surface area contributed by atoms with Crippen molar-refractivity contribution in [3.63, 3.8) is 0 Å². The first-order valence-electron chi connectivity index (χ1n) is 10.3. The lowest BCUT2D eigenvalue weighted by Gasteiger charge is -2.35. The van der Waals surface area contributed by atoms with Crippen molar-refractivity contribution in [2.75, 3.05) is 37.6 Å². The molecule has 1 aliphatic heterocycles. The maximum atomic E-state index is 12.3. The molecular formula is C23H22N6O3. The van der Waals surface area contributed by atoms with Crippen molar-refractivity contribution in [1.29, 1.82) is 5.26 Å². The number of nitrogens with zero attached hydrogens (tertiary/aromatic N) is 5. The lowest BCUT2D eigenvalue weighted by Crippen LogP contribution is -2.49. The lowest BCUT2D eigenvalue weighted by molar-refractivity contribution is -0.384. The summed E-state index contributed by atoms with van der Waals surface area (Å²) in [7, 11) is 0. The van der Waals surface area contributed by atoms with Gasteiger partial charge >= 0.3 is 0 Å². The van der Waals surface area contributed by atoms with Gasteiger partial charge in [0.25, 0.3) is 5.69 Å². The number of fused-ring (bicyclic) bond motifs is 1. The third kappa shape index (κ3) is 4.82. The Morgan fingerprint density at radius 1 is 1.12 bits per heavy atom. The SMILES string of the molecule is N#Cc1cc(N2CCN(CC(=O)NCc3ccccc3)CC2)nc2ccc([N+](=O)[O-])cc12. The number of hydrogen-bond donors (Lipinski definition) is 1. The predicted octanol–water partition coefficient (Wildman–Crippen LogP) is 2.45. The molecule has 1 saturated heterocycles. The second kappa shape index (κ2) is 9.41. The van der Waals surface area contributed by atoms with Crippen molar-refractivity contribution >= 4 is 28.3 Å². The average molecular weight is 430 g/mol. The van der Waals surface area contributed by atoms with E-state index in [0.29, 0.717) is 61.6 Å². The van der Waals surface area contributed by atoms with Crippen molar-refractivity contribution in [2.45, 2.75) is 6.54 Å². The molecule has 3 aromatic rings. The van der Waals surface area contributed by atoms with Crippen LogP contribution in [0, 0.1) is 21.4 Å². The molecule has 4 rings (SSSR count). The number of hydrogen-bond acceptors (Lipinski definition) is 7. The van der Waals surface area contributed by atoms with Crippen LogP contribution in [0.15, 0.2) is 54.6 Å². The fourth-order valence-corrected chi connectivity index (χ4v) is 3.76. The minimum atomic E-state index is -0.482. The van der Waals surface area contributed by atoms with Crippen LogP contribution in [0.5, 0.6) is 0 Å². The average Bonchev–Trinajstić information content (AvgIpc) is 2.82. The van der Waals surface area contributed by atoms with E-state index in [4.69, 9.17) is 0 Å². The van der Waals surface area contributed by atoms with Gasteiger partial charge in [0.05, 0.1) is 28.6 Å². The Hall–Kier alpha value is -4.03. The molecule has 0 atom stereocenters. The number of nitro benzene ring substituents is 1. The summed E-state index contributed by atoms with van der Waals surface area (Å²) in [5.41, 5.74) is 1.90. The van der Waals surface area contributed by atoms with Crippen molar-refractivity contribution < 1.29 is 9.72 Å². The summed E-state index contributed by atoms with van der Waals surface area (Å²) in [6.45, 7) is 3.57. The number of anilines is 1. The number of aromatic nitrogens is 1. The van der Waals surface area contributed by atoms with E-state index in [1.54, 1.807) is 12.1 Å². The topological polar surface area (TPSA) is 115 Å². The van der Waals surface area contributed by atoms with E-state index in [1.165, 1.54) is 12.1 Å². The molecule has 0 saturated carbocycles. The number of pyridine rings is 1. The number of nitrogens with one attached hydrogen (secondary N) is 1. The van der Waals surface area contributed by atoms with Gasteiger partial charge in [-0.3, -0.25) is 19.8 Å². The van der Waals surface area contributed by atoms with Crippen LogP contribution in [0.3, 0.4) is 0 Å². The molecule has 9 heteroatoms. The van der Waals surface area contributed by atoms with Crippen LogP contribution in [0.4, 0.5) is 11.5 Å². The quantitative estimate of drug-likeness (QED) is 0.472. The molecule has 2 aromatic carbocycles. The van der Waals surface area contributed by atoms with Crippen LogP contribution in [0.2, 0.25) is 0 Å². The molecule has 0 radical (unpaired) electrons. The van der Waals surface area contributed by atoms with Gasteiger partial charge in [0.1, 0.15) is 5.82 Å². The third-order valence-corrected chi connectivity index (χ3v) is 5.51. The largest absolute Gasteiger partial charge is 0.354 e. The molecule has 32 heavy (non-hydrogen) atoms. The molecular weight excluding hydrogens is 408 g/mol. The highest BCUT2D eigenvalue weighted by molar-refractivity contribution is 5.88. The maximum absolute atomic E-state index is 12.3. The van der Waals surface area contributed by atoms with Gasteiger partial charge < -0.3 is 10.2 Å². The summed E-state index contributed by atoms with van der Waals surface area (Å²) < 4.78 is 0.